The quantitative estimate of drug-likeness (QED) is 0.731. The number of rotatable bonds is 4. The third-order valence-corrected chi connectivity index (χ3v) is 2.44. The molecular weight excluding hydrogens is 305 g/mol. The third-order valence-electron chi connectivity index (χ3n) is 2.44. The first-order chi connectivity index (χ1) is 10.7. The van der Waals surface area contributed by atoms with Crippen LogP contribution in [-0.2, 0) is 9.53 Å². The topological polar surface area (TPSA) is 96.5 Å². The van der Waals surface area contributed by atoms with Gasteiger partial charge in [0.1, 0.15) is 11.4 Å². The molecule has 0 spiro atoms. The van der Waals surface area contributed by atoms with Crippen molar-refractivity contribution in [1.82, 2.24) is 16.2 Å². The van der Waals surface area contributed by atoms with Gasteiger partial charge >= 0.3 is 6.09 Å². The molecule has 1 rings (SSSR count). The van der Waals surface area contributed by atoms with Crippen LogP contribution in [0.3, 0.4) is 0 Å². The summed E-state index contributed by atoms with van der Waals surface area (Å²) in [5, 5.41) is 2.42. The number of carbonyl (C=O) groups is 3. The third kappa shape index (κ3) is 7.79. The number of halogens is 1. The van der Waals surface area contributed by atoms with E-state index in [2.05, 4.69) is 16.2 Å². The molecule has 0 atom stereocenters. The summed E-state index contributed by atoms with van der Waals surface area (Å²) in [7, 11) is 0. The van der Waals surface area contributed by atoms with Crippen molar-refractivity contribution in [3.63, 3.8) is 0 Å². The van der Waals surface area contributed by atoms with Crippen LogP contribution in [0.1, 0.15) is 37.6 Å². The minimum atomic E-state index is -0.624. The molecule has 0 aromatic heterocycles. The zero-order valence-electron chi connectivity index (χ0n) is 13.2. The van der Waals surface area contributed by atoms with E-state index in [1.165, 1.54) is 12.1 Å². The molecule has 0 radical (unpaired) electrons. The number of hydrogen-bond donors (Lipinski definition) is 3. The van der Waals surface area contributed by atoms with Gasteiger partial charge in [-0.3, -0.25) is 20.4 Å². The number of carbonyl (C=O) groups excluding carboxylic acids is 3. The maximum atomic E-state index is 12.7. The normalized spacial score (nSPS) is 10.6. The SMILES string of the molecule is CC(C)(C)OC(=O)NCCC(=O)NNC(=O)c1ccc(F)cc1. The second-order valence-electron chi connectivity index (χ2n) is 5.69. The van der Waals surface area contributed by atoms with Crippen LogP contribution in [0.2, 0.25) is 0 Å². The van der Waals surface area contributed by atoms with Gasteiger partial charge in [-0.2, -0.15) is 0 Å². The van der Waals surface area contributed by atoms with E-state index in [1.807, 2.05) is 0 Å². The van der Waals surface area contributed by atoms with Gasteiger partial charge in [-0.1, -0.05) is 0 Å². The molecule has 0 aliphatic carbocycles. The smallest absolute Gasteiger partial charge is 0.407 e. The van der Waals surface area contributed by atoms with Gasteiger partial charge in [0.05, 0.1) is 0 Å². The van der Waals surface area contributed by atoms with E-state index < -0.39 is 29.3 Å². The fourth-order valence-electron chi connectivity index (χ4n) is 1.45. The number of hydrogen-bond acceptors (Lipinski definition) is 4. The Balaban J connectivity index is 2.25. The molecule has 0 unspecified atom stereocenters. The minimum Gasteiger partial charge on any atom is -0.444 e. The van der Waals surface area contributed by atoms with E-state index in [4.69, 9.17) is 4.74 Å². The zero-order chi connectivity index (χ0) is 17.5. The number of benzene rings is 1. The highest BCUT2D eigenvalue weighted by Crippen LogP contribution is 2.06. The molecule has 1 aromatic rings. The monoisotopic (exact) mass is 325 g/mol. The fraction of sp³-hybridized carbons (Fsp3) is 0.400. The standard InChI is InChI=1S/C15H20FN3O4/c1-15(2,3)23-14(22)17-9-8-12(20)18-19-13(21)10-4-6-11(16)7-5-10/h4-7H,8-9H2,1-3H3,(H,17,22)(H,18,20)(H,19,21). The van der Waals surface area contributed by atoms with Crippen molar-refractivity contribution in [2.45, 2.75) is 32.8 Å². The summed E-state index contributed by atoms with van der Waals surface area (Å²) in [6, 6.07) is 4.87. The Morgan fingerprint density at radius 2 is 1.70 bits per heavy atom. The van der Waals surface area contributed by atoms with Crippen molar-refractivity contribution in [1.29, 1.82) is 0 Å². The Bertz CT molecular complexity index is 567. The molecule has 1 aromatic carbocycles. The molecule has 0 aliphatic heterocycles. The second-order valence-corrected chi connectivity index (χ2v) is 5.69. The molecule has 0 aliphatic rings. The van der Waals surface area contributed by atoms with Crippen LogP contribution in [-0.4, -0.2) is 30.1 Å². The van der Waals surface area contributed by atoms with Gasteiger partial charge in [0.25, 0.3) is 5.91 Å². The number of amides is 3. The van der Waals surface area contributed by atoms with E-state index >= 15 is 0 Å². The van der Waals surface area contributed by atoms with Gasteiger partial charge in [0.2, 0.25) is 5.91 Å². The Labute approximate surface area is 133 Å². The highest BCUT2D eigenvalue weighted by Gasteiger charge is 2.16. The lowest BCUT2D eigenvalue weighted by Gasteiger charge is -2.19. The predicted molar refractivity (Wildman–Crippen MR) is 80.9 cm³/mol. The highest BCUT2D eigenvalue weighted by molar-refractivity contribution is 5.95. The van der Waals surface area contributed by atoms with Crippen LogP contribution in [0.15, 0.2) is 24.3 Å². The number of nitrogens with one attached hydrogen (secondary N) is 3. The van der Waals surface area contributed by atoms with Crippen LogP contribution in [0.25, 0.3) is 0 Å². The van der Waals surface area contributed by atoms with E-state index in [0.717, 1.165) is 12.1 Å². The molecule has 0 bridgehead atoms. The summed E-state index contributed by atoms with van der Waals surface area (Å²) in [4.78, 5) is 34.5. The van der Waals surface area contributed by atoms with Crippen molar-refractivity contribution in [3.8, 4) is 0 Å². The largest absolute Gasteiger partial charge is 0.444 e. The summed E-state index contributed by atoms with van der Waals surface area (Å²) in [5.41, 5.74) is 3.97. The maximum Gasteiger partial charge on any atom is 0.407 e. The van der Waals surface area contributed by atoms with Crippen molar-refractivity contribution < 1.29 is 23.5 Å². The number of ether oxygens (including phenoxy) is 1. The molecule has 0 saturated carbocycles. The molecule has 0 heterocycles. The van der Waals surface area contributed by atoms with Crippen molar-refractivity contribution in [3.05, 3.63) is 35.6 Å². The molecule has 3 N–H and O–H groups in total. The number of alkyl carbamates (subject to hydrolysis) is 1. The van der Waals surface area contributed by atoms with Crippen LogP contribution < -0.4 is 16.2 Å². The van der Waals surface area contributed by atoms with Crippen molar-refractivity contribution in [2.75, 3.05) is 6.54 Å². The van der Waals surface area contributed by atoms with Crippen molar-refractivity contribution >= 4 is 17.9 Å². The van der Waals surface area contributed by atoms with E-state index in [9.17, 15) is 18.8 Å². The van der Waals surface area contributed by atoms with E-state index in [-0.39, 0.29) is 18.5 Å². The van der Waals surface area contributed by atoms with Gasteiger partial charge in [-0.05, 0) is 45.0 Å². The van der Waals surface area contributed by atoms with Crippen LogP contribution in [0.4, 0.5) is 9.18 Å². The Morgan fingerprint density at radius 3 is 2.26 bits per heavy atom. The van der Waals surface area contributed by atoms with Gasteiger partial charge < -0.3 is 10.1 Å². The fourth-order valence-corrected chi connectivity index (χ4v) is 1.45. The highest BCUT2D eigenvalue weighted by atomic mass is 19.1. The lowest BCUT2D eigenvalue weighted by atomic mass is 10.2. The first kappa shape index (κ1) is 18.4. The predicted octanol–water partition coefficient (Wildman–Crippen LogP) is 1.50. The molecule has 3 amide bonds. The minimum absolute atomic E-state index is 0.0387. The first-order valence-corrected chi connectivity index (χ1v) is 6.99. The van der Waals surface area contributed by atoms with Gasteiger partial charge in [0, 0.05) is 18.5 Å². The van der Waals surface area contributed by atoms with Gasteiger partial charge in [0.15, 0.2) is 0 Å². The second kappa shape index (κ2) is 8.11. The Kier molecular flexibility index (Phi) is 6.49. The van der Waals surface area contributed by atoms with Crippen LogP contribution in [0.5, 0.6) is 0 Å². The summed E-state index contributed by atoms with van der Waals surface area (Å²) in [5.74, 6) is -1.52. The zero-order valence-corrected chi connectivity index (χ0v) is 13.2. The molecule has 0 fully saturated rings. The van der Waals surface area contributed by atoms with Crippen LogP contribution >= 0.6 is 0 Å². The molecule has 7 nitrogen and oxygen atoms in total. The number of hydrazine groups is 1. The molecule has 0 saturated heterocycles. The first-order valence-electron chi connectivity index (χ1n) is 6.99. The maximum absolute atomic E-state index is 12.7. The lowest BCUT2D eigenvalue weighted by Crippen LogP contribution is -2.43. The Morgan fingerprint density at radius 1 is 1.09 bits per heavy atom. The average molecular weight is 325 g/mol. The average Bonchev–Trinajstić information content (AvgIpc) is 2.43. The molecular formula is C15H20FN3O4. The van der Waals surface area contributed by atoms with E-state index in [1.54, 1.807) is 20.8 Å². The molecule has 126 valence electrons. The lowest BCUT2D eigenvalue weighted by molar-refractivity contribution is -0.121. The van der Waals surface area contributed by atoms with Crippen molar-refractivity contribution in [2.24, 2.45) is 0 Å². The van der Waals surface area contributed by atoms with Crippen LogP contribution in [0, 0.1) is 5.82 Å². The molecule has 8 heteroatoms. The summed E-state index contributed by atoms with van der Waals surface area (Å²) in [6.07, 6.45) is -0.663. The van der Waals surface area contributed by atoms with Gasteiger partial charge in [-0.15, -0.1) is 0 Å². The van der Waals surface area contributed by atoms with Gasteiger partial charge in [-0.25, -0.2) is 9.18 Å². The molecule has 23 heavy (non-hydrogen) atoms. The van der Waals surface area contributed by atoms with E-state index in [0.29, 0.717) is 0 Å². The summed E-state index contributed by atoms with van der Waals surface area (Å²) in [6.45, 7) is 5.24. The summed E-state index contributed by atoms with van der Waals surface area (Å²) >= 11 is 0. The summed E-state index contributed by atoms with van der Waals surface area (Å²) < 4.78 is 17.7. The Hall–Kier alpha value is -2.64.